The van der Waals surface area contributed by atoms with Crippen molar-refractivity contribution in [3.8, 4) is 5.75 Å². The molecule has 0 bridgehead atoms. The van der Waals surface area contributed by atoms with Crippen molar-refractivity contribution < 1.29 is 13.5 Å². The molecular weight excluding hydrogens is 418 g/mol. The fourth-order valence-electron chi connectivity index (χ4n) is 2.61. The molecule has 1 aromatic heterocycles. The van der Waals surface area contributed by atoms with Gasteiger partial charge >= 0.3 is 0 Å². The second-order valence-corrected chi connectivity index (χ2v) is 6.77. The third-order valence-electron chi connectivity index (χ3n) is 4.05. The van der Waals surface area contributed by atoms with Crippen molar-refractivity contribution in [1.82, 2.24) is 4.57 Å². The van der Waals surface area contributed by atoms with Gasteiger partial charge in [0.15, 0.2) is 0 Å². The monoisotopic (exact) mass is 434 g/mol. The van der Waals surface area contributed by atoms with Crippen LogP contribution in [0.2, 0.25) is 0 Å². The van der Waals surface area contributed by atoms with Gasteiger partial charge < -0.3 is 15.0 Å². The molecule has 140 valence electrons. The van der Waals surface area contributed by atoms with Gasteiger partial charge in [0, 0.05) is 24.4 Å². The van der Waals surface area contributed by atoms with Crippen molar-refractivity contribution in [1.29, 1.82) is 0 Å². The lowest BCUT2D eigenvalue weighted by molar-refractivity contribution is 0.296. The lowest BCUT2D eigenvalue weighted by atomic mass is 10.1. The first-order valence-electron chi connectivity index (χ1n) is 8.21. The van der Waals surface area contributed by atoms with E-state index < -0.39 is 11.6 Å². The van der Waals surface area contributed by atoms with Crippen LogP contribution in [0.15, 0.2) is 64.0 Å². The second kappa shape index (κ2) is 8.45. The highest BCUT2D eigenvalue weighted by Gasteiger charge is 2.11. The number of nitrogens with zero attached hydrogens (tertiary/aromatic N) is 1. The van der Waals surface area contributed by atoms with Crippen LogP contribution in [-0.4, -0.2) is 4.57 Å². The van der Waals surface area contributed by atoms with Gasteiger partial charge in [-0.15, -0.1) is 0 Å². The highest BCUT2D eigenvalue weighted by molar-refractivity contribution is 9.10. The molecule has 3 aromatic rings. The third-order valence-corrected chi connectivity index (χ3v) is 4.78. The molecule has 0 radical (unpaired) electrons. The van der Waals surface area contributed by atoms with E-state index in [1.165, 1.54) is 10.6 Å². The van der Waals surface area contributed by atoms with E-state index in [9.17, 15) is 13.6 Å². The van der Waals surface area contributed by atoms with Crippen LogP contribution in [0.4, 0.5) is 8.78 Å². The van der Waals surface area contributed by atoms with Crippen molar-refractivity contribution in [3.05, 3.63) is 97.9 Å². The Bertz CT molecular complexity index is 1020. The molecule has 0 unspecified atom stereocenters. The molecule has 0 saturated heterocycles. The van der Waals surface area contributed by atoms with E-state index in [1.807, 2.05) is 24.3 Å². The predicted octanol–water partition coefficient (Wildman–Crippen LogP) is 3.98. The Morgan fingerprint density at radius 1 is 1.07 bits per heavy atom. The lowest BCUT2D eigenvalue weighted by Crippen LogP contribution is -2.21. The van der Waals surface area contributed by atoms with Crippen LogP contribution in [0.25, 0.3) is 0 Å². The van der Waals surface area contributed by atoms with Crippen molar-refractivity contribution in [3.63, 3.8) is 0 Å². The van der Waals surface area contributed by atoms with Gasteiger partial charge in [0.05, 0.1) is 6.54 Å². The van der Waals surface area contributed by atoms with Crippen molar-refractivity contribution in [2.24, 2.45) is 5.73 Å². The number of hydrogen-bond acceptors (Lipinski definition) is 3. The topological polar surface area (TPSA) is 57.2 Å². The minimum atomic E-state index is -0.695. The van der Waals surface area contributed by atoms with Crippen molar-refractivity contribution in [2.45, 2.75) is 19.7 Å². The molecule has 0 atom stereocenters. The van der Waals surface area contributed by atoms with Crippen molar-refractivity contribution >= 4 is 15.9 Å². The Kier molecular flexibility index (Phi) is 6.03. The summed E-state index contributed by atoms with van der Waals surface area (Å²) in [6.07, 6.45) is 1.61. The van der Waals surface area contributed by atoms with Gasteiger partial charge in [0.1, 0.15) is 28.5 Å². The zero-order valence-corrected chi connectivity index (χ0v) is 15.9. The molecule has 7 heteroatoms. The van der Waals surface area contributed by atoms with Gasteiger partial charge in [-0.05, 0) is 45.3 Å². The van der Waals surface area contributed by atoms with E-state index in [0.717, 1.165) is 23.3 Å². The maximum atomic E-state index is 13.7. The molecule has 27 heavy (non-hydrogen) atoms. The minimum absolute atomic E-state index is 0.118. The smallest absolute Gasteiger partial charge is 0.268 e. The average Bonchev–Trinajstić information content (AvgIpc) is 2.66. The summed E-state index contributed by atoms with van der Waals surface area (Å²) < 4.78 is 34.0. The molecular formula is C20H17BrF2N2O2. The molecule has 0 aliphatic carbocycles. The van der Waals surface area contributed by atoms with Crippen LogP contribution in [0.3, 0.4) is 0 Å². The maximum absolute atomic E-state index is 13.7. The molecule has 2 N–H and O–H groups in total. The summed E-state index contributed by atoms with van der Waals surface area (Å²) in [5, 5.41) is 0. The van der Waals surface area contributed by atoms with E-state index in [-0.39, 0.29) is 28.0 Å². The van der Waals surface area contributed by atoms with Crippen LogP contribution in [-0.2, 0) is 19.7 Å². The van der Waals surface area contributed by atoms with E-state index in [0.29, 0.717) is 13.1 Å². The number of pyridine rings is 1. The molecule has 0 aliphatic rings. The quantitative estimate of drug-likeness (QED) is 0.638. The van der Waals surface area contributed by atoms with Crippen LogP contribution in [0, 0.1) is 11.6 Å². The second-order valence-electron chi connectivity index (χ2n) is 5.98. The van der Waals surface area contributed by atoms with E-state index >= 15 is 0 Å². The van der Waals surface area contributed by atoms with Gasteiger partial charge in [0.2, 0.25) is 0 Å². The third kappa shape index (κ3) is 4.61. The normalized spacial score (nSPS) is 10.8. The van der Waals surface area contributed by atoms with Crippen LogP contribution in [0.1, 0.15) is 16.7 Å². The number of halogens is 3. The number of rotatable bonds is 6. The zero-order valence-electron chi connectivity index (χ0n) is 14.3. The maximum Gasteiger partial charge on any atom is 0.268 e. The first kappa shape index (κ1) is 19.3. The van der Waals surface area contributed by atoms with Crippen LogP contribution < -0.4 is 16.0 Å². The van der Waals surface area contributed by atoms with Gasteiger partial charge in [-0.1, -0.05) is 24.3 Å². The van der Waals surface area contributed by atoms with E-state index in [2.05, 4.69) is 15.9 Å². The van der Waals surface area contributed by atoms with Crippen molar-refractivity contribution in [2.75, 3.05) is 0 Å². The SMILES string of the molecule is NCc1cccc(Cn2ccc(OCc3ccc(F)cc3F)c(Br)c2=O)c1. The van der Waals surface area contributed by atoms with E-state index in [4.69, 9.17) is 10.5 Å². The molecule has 0 amide bonds. The Hall–Kier alpha value is -2.51. The predicted molar refractivity (Wildman–Crippen MR) is 103 cm³/mol. The molecule has 0 spiro atoms. The Labute approximate surface area is 163 Å². The summed E-state index contributed by atoms with van der Waals surface area (Å²) in [5.74, 6) is -1.06. The average molecular weight is 435 g/mol. The Morgan fingerprint density at radius 2 is 1.85 bits per heavy atom. The number of nitrogens with two attached hydrogens (primary N) is 1. The first-order valence-corrected chi connectivity index (χ1v) is 9.01. The molecule has 0 saturated carbocycles. The van der Waals surface area contributed by atoms with Crippen LogP contribution >= 0.6 is 15.9 Å². The Morgan fingerprint density at radius 3 is 2.59 bits per heavy atom. The van der Waals surface area contributed by atoms with Gasteiger partial charge in [-0.2, -0.15) is 0 Å². The number of aromatic nitrogens is 1. The Balaban J connectivity index is 1.77. The number of benzene rings is 2. The van der Waals surface area contributed by atoms with E-state index in [1.54, 1.807) is 12.3 Å². The minimum Gasteiger partial charge on any atom is -0.487 e. The highest BCUT2D eigenvalue weighted by Crippen LogP contribution is 2.22. The summed E-state index contributed by atoms with van der Waals surface area (Å²) in [7, 11) is 0. The zero-order chi connectivity index (χ0) is 19.4. The van der Waals surface area contributed by atoms with Gasteiger partial charge in [0.25, 0.3) is 5.56 Å². The largest absolute Gasteiger partial charge is 0.487 e. The molecule has 4 nitrogen and oxygen atoms in total. The highest BCUT2D eigenvalue weighted by atomic mass is 79.9. The van der Waals surface area contributed by atoms with Gasteiger partial charge in [-0.3, -0.25) is 4.79 Å². The van der Waals surface area contributed by atoms with Crippen LogP contribution in [0.5, 0.6) is 5.75 Å². The summed E-state index contributed by atoms with van der Waals surface area (Å²) in [6, 6.07) is 12.6. The fraction of sp³-hybridized carbons (Fsp3) is 0.150. The first-order chi connectivity index (χ1) is 13.0. The molecule has 1 heterocycles. The molecule has 3 rings (SSSR count). The van der Waals surface area contributed by atoms with Gasteiger partial charge in [-0.25, -0.2) is 8.78 Å². The molecule has 0 aliphatic heterocycles. The molecule has 2 aromatic carbocycles. The number of ether oxygens (including phenoxy) is 1. The number of hydrogen-bond donors (Lipinski definition) is 1. The lowest BCUT2D eigenvalue weighted by Gasteiger charge is -2.12. The summed E-state index contributed by atoms with van der Waals surface area (Å²) in [5.41, 5.74) is 7.51. The summed E-state index contributed by atoms with van der Waals surface area (Å²) in [6.45, 7) is 0.698. The summed E-state index contributed by atoms with van der Waals surface area (Å²) in [4.78, 5) is 12.6. The standard InChI is InChI=1S/C20H17BrF2N2O2/c21-19-18(27-12-15-4-5-16(22)9-17(15)23)6-7-25(20(19)26)11-14-3-1-2-13(8-14)10-24/h1-9H,10-12,24H2. The fourth-order valence-corrected chi connectivity index (χ4v) is 3.09. The molecule has 0 fully saturated rings. The summed E-state index contributed by atoms with van der Waals surface area (Å²) >= 11 is 3.24.